The van der Waals surface area contributed by atoms with Crippen molar-refractivity contribution < 1.29 is 14.4 Å². The fraction of sp³-hybridized carbons (Fsp3) is 0.0909. The summed E-state index contributed by atoms with van der Waals surface area (Å²) in [6, 6.07) is 23.0. The normalized spacial score (nSPS) is 11.9. The predicted molar refractivity (Wildman–Crippen MR) is 187 cm³/mol. The van der Waals surface area contributed by atoms with Gasteiger partial charge in [0, 0.05) is 32.1 Å². The molecule has 3 amide bonds. The lowest BCUT2D eigenvalue weighted by atomic mass is 10.2. The molecule has 12 heteroatoms. The number of thioether (sulfide) groups is 1. The van der Waals surface area contributed by atoms with Gasteiger partial charge in [-0.05, 0) is 83.4 Å². The number of thiophene rings is 1. The second-order valence-electron chi connectivity index (χ2n) is 9.58. The lowest BCUT2D eigenvalue weighted by Gasteiger charge is -2.15. The van der Waals surface area contributed by atoms with Crippen molar-refractivity contribution in [3.63, 3.8) is 0 Å². The summed E-state index contributed by atoms with van der Waals surface area (Å²) >= 11 is 16.5. The van der Waals surface area contributed by atoms with Crippen LogP contribution in [0.15, 0.2) is 106 Å². The van der Waals surface area contributed by atoms with Crippen molar-refractivity contribution in [3.8, 4) is 11.3 Å². The maximum Gasteiger partial charge on any atom is 0.272 e. The van der Waals surface area contributed by atoms with Gasteiger partial charge in [-0.15, -0.1) is 23.1 Å². The molecule has 5 aromatic rings. The number of nitrogens with one attached hydrogen (secondary N) is 3. The number of amides is 3. The summed E-state index contributed by atoms with van der Waals surface area (Å²) in [5, 5.41) is 15.2. The van der Waals surface area contributed by atoms with Gasteiger partial charge in [0.15, 0.2) is 5.13 Å². The Kier molecular flexibility index (Phi) is 11.1. The lowest BCUT2D eigenvalue weighted by molar-refractivity contribution is -0.116. The van der Waals surface area contributed by atoms with Gasteiger partial charge in [-0.1, -0.05) is 54.4 Å². The molecule has 228 valence electrons. The van der Waals surface area contributed by atoms with E-state index in [1.807, 2.05) is 41.3 Å². The number of nitrogens with zero attached hydrogens (tertiary/aromatic N) is 1. The van der Waals surface area contributed by atoms with E-state index in [9.17, 15) is 14.4 Å². The van der Waals surface area contributed by atoms with Crippen molar-refractivity contribution in [3.05, 3.63) is 122 Å². The zero-order valence-corrected chi connectivity index (χ0v) is 27.7. The number of aromatic nitrogens is 1. The molecule has 2 heterocycles. The molecule has 3 N–H and O–H groups in total. The van der Waals surface area contributed by atoms with E-state index in [0.717, 1.165) is 16.0 Å². The Morgan fingerprint density at radius 3 is 2.51 bits per heavy atom. The number of rotatable bonds is 11. The predicted octanol–water partition coefficient (Wildman–Crippen LogP) is 9.10. The highest BCUT2D eigenvalue weighted by Crippen LogP contribution is 2.33. The van der Waals surface area contributed by atoms with Crippen molar-refractivity contribution in [1.82, 2.24) is 10.3 Å². The Labute approximate surface area is 282 Å². The number of benzene rings is 3. The quantitative estimate of drug-likeness (QED) is 0.0947. The van der Waals surface area contributed by atoms with Crippen LogP contribution >= 0.6 is 57.6 Å². The third kappa shape index (κ3) is 8.84. The Bertz CT molecular complexity index is 1840. The highest BCUT2D eigenvalue weighted by Gasteiger charge is 2.21. The van der Waals surface area contributed by atoms with Gasteiger partial charge in [-0.2, -0.15) is 11.3 Å². The van der Waals surface area contributed by atoms with Crippen LogP contribution in [0, 0.1) is 0 Å². The summed E-state index contributed by atoms with van der Waals surface area (Å²) < 4.78 is 0. The van der Waals surface area contributed by atoms with E-state index in [1.165, 1.54) is 34.4 Å². The first kappa shape index (κ1) is 32.5. The molecule has 1 atom stereocenters. The van der Waals surface area contributed by atoms with Crippen LogP contribution in [0.3, 0.4) is 0 Å². The summed E-state index contributed by atoms with van der Waals surface area (Å²) in [4.78, 5) is 44.8. The smallest absolute Gasteiger partial charge is 0.272 e. The first-order valence-electron chi connectivity index (χ1n) is 13.7. The zero-order valence-electron chi connectivity index (χ0n) is 23.8. The fourth-order valence-corrected chi connectivity index (χ4v) is 6.99. The minimum Gasteiger partial charge on any atom is -0.321 e. The minimum atomic E-state index is -0.474. The van der Waals surface area contributed by atoms with Crippen LogP contribution in [0.4, 0.5) is 10.8 Å². The third-order valence-corrected chi connectivity index (χ3v) is 9.72. The molecular weight excluding hydrogens is 667 g/mol. The molecule has 0 fully saturated rings. The summed E-state index contributed by atoms with van der Waals surface area (Å²) in [7, 11) is 0. The van der Waals surface area contributed by atoms with Gasteiger partial charge in [0.2, 0.25) is 5.91 Å². The van der Waals surface area contributed by atoms with Gasteiger partial charge < -0.3 is 16.0 Å². The molecule has 0 bridgehead atoms. The first-order chi connectivity index (χ1) is 21.8. The van der Waals surface area contributed by atoms with Crippen LogP contribution in [0.25, 0.3) is 17.3 Å². The monoisotopic (exact) mass is 692 g/mol. The van der Waals surface area contributed by atoms with Crippen molar-refractivity contribution in [2.45, 2.75) is 23.5 Å². The number of thiazole rings is 1. The third-order valence-electron chi connectivity index (χ3n) is 6.36. The van der Waals surface area contributed by atoms with Crippen LogP contribution in [-0.4, -0.2) is 28.0 Å². The molecule has 0 aliphatic carbocycles. The highest BCUT2D eigenvalue weighted by molar-refractivity contribution is 8.00. The largest absolute Gasteiger partial charge is 0.321 e. The second-order valence-corrected chi connectivity index (χ2v) is 13.3. The van der Waals surface area contributed by atoms with E-state index in [1.54, 1.807) is 66.7 Å². The zero-order chi connectivity index (χ0) is 31.8. The maximum absolute atomic E-state index is 13.4. The molecule has 0 saturated carbocycles. The summed E-state index contributed by atoms with van der Waals surface area (Å²) in [6.07, 6.45) is 2.20. The number of hydrogen-bond acceptors (Lipinski definition) is 7. The summed E-state index contributed by atoms with van der Waals surface area (Å²) in [6.45, 7) is 1.93. The average Bonchev–Trinajstić information content (AvgIpc) is 3.72. The van der Waals surface area contributed by atoms with Gasteiger partial charge in [0.1, 0.15) is 5.70 Å². The number of halogens is 2. The van der Waals surface area contributed by atoms with Gasteiger partial charge in [0.25, 0.3) is 11.8 Å². The van der Waals surface area contributed by atoms with Crippen LogP contribution in [0.5, 0.6) is 0 Å². The van der Waals surface area contributed by atoms with E-state index in [0.29, 0.717) is 38.5 Å². The minimum absolute atomic E-state index is 0.105. The Hall–Kier alpha value is -3.93. The molecule has 0 saturated heterocycles. The first-order valence-corrected chi connectivity index (χ1v) is 17.1. The van der Waals surface area contributed by atoms with Crippen molar-refractivity contribution in [1.29, 1.82) is 0 Å². The lowest BCUT2D eigenvalue weighted by Crippen LogP contribution is -2.30. The SMILES string of the molecule is CCC(Sc1cccc(NC(=O)/C(=C/c2ccsc2)NC(=O)c2ccccc2)c1)C(=O)Nc1nc(-c2ccc(Cl)cc2Cl)cs1. The molecule has 5 rings (SSSR count). The Balaban J connectivity index is 1.25. The maximum atomic E-state index is 13.4. The van der Waals surface area contributed by atoms with Crippen LogP contribution in [-0.2, 0) is 9.59 Å². The molecule has 0 spiro atoms. The Morgan fingerprint density at radius 2 is 1.78 bits per heavy atom. The molecule has 0 radical (unpaired) electrons. The van der Waals surface area contributed by atoms with Gasteiger partial charge in [0.05, 0.1) is 16.0 Å². The van der Waals surface area contributed by atoms with Crippen molar-refractivity contribution in [2.24, 2.45) is 0 Å². The van der Waals surface area contributed by atoms with Gasteiger partial charge >= 0.3 is 0 Å². The van der Waals surface area contributed by atoms with E-state index in [4.69, 9.17) is 23.2 Å². The average molecular weight is 694 g/mol. The highest BCUT2D eigenvalue weighted by atomic mass is 35.5. The molecule has 45 heavy (non-hydrogen) atoms. The summed E-state index contributed by atoms with van der Waals surface area (Å²) in [5.74, 6) is -1.06. The van der Waals surface area contributed by atoms with Gasteiger partial charge in [-0.3, -0.25) is 14.4 Å². The molecule has 1 unspecified atom stereocenters. The van der Waals surface area contributed by atoms with E-state index >= 15 is 0 Å². The van der Waals surface area contributed by atoms with Gasteiger partial charge in [-0.25, -0.2) is 4.98 Å². The fourth-order valence-electron chi connectivity index (χ4n) is 4.14. The standard InChI is InChI=1S/C33H26Cl2N4O3S3/c1-2-29(32(42)39-33-38-28(19-44-33)25-12-11-22(34)16-26(25)35)45-24-10-6-9-23(17-24)36-31(41)27(15-20-13-14-43-18-20)37-30(40)21-7-4-3-5-8-21/h3-19,29H,2H2,1H3,(H,36,41)(H,37,40)(H,38,39,42)/b27-15-. The van der Waals surface area contributed by atoms with E-state index in [2.05, 4.69) is 20.9 Å². The molecular formula is C33H26Cl2N4O3S3. The number of anilines is 2. The topological polar surface area (TPSA) is 100 Å². The summed E-state index contributed by atoms with van der Waals surface area (Å²) in [5.41, 5.74) is 3.23. The van der Waals surface area contributed by atoms with Crippen LogP contribution < -0.4 is 16.0 Å². The molecule has 2 aromatic heterocycles. The number of hydrogen-bond donors (Lipinski definition) is 3. The number of carbonyl (C=O) groups is 3. The molecule has 0 aliphatic rings. The molecule has 3 aromatic carbocycles. The molecule has 0 aliphatic heterocycles. The number of carbonyl (C=O) groups excluding carboxylic acids is 3. The van der Waals surface area contributed by atoms with Crippen LogP contribution in [0.2, 0.25) is 10.0 Å². The second kappa shape index (κ2) is 15.4. The van der Waals surface area contributed by atoms with Crippen LogP contribution in [0.1, 0.15) is 29.3 Å². The van der Waals surface area contributed by atoms with Crippen molar-refractivity contribution in [2.75, 3.05) is 10.6 Å². The van der Waals surface area contributed by atoms with E-state index in [-0.39, 0.29) is 11.6 Å². The van der Waals surface area contributed by atoms with Crippen molar-refractivity contribution >= 4 is 92.3 Å². The molecule has 7 nitrogen and oxygen atoms in total. The van der Waals surface area contributed by atoms with E-state index < -0.39 is 17.1 Å². The Morgan fingerprint density at radius 1 is 0.956 bits per heavy atom.